The van der Waals surface area contributed by atoms with Gasteiger partial charge in [0.25, 0.3) is 5.91 Å². The molecule has 5 nitrogen and oxygen atoms in total. The van der Waals surface area contributed by atoms with E-state index < -0.39 is 5.97 Å². The molecular formula is C13H19ClN2O3. The summed E-state index contributed by atoms with van der Waals surface area (Å²) in [6.07, 6.45) is 1.65. The molecule has 106 valence electrons. The van der Waals surface area contributed by atoms with Crippen molar-refractivity contribution in [1.82, 2.24) is 9.47 Å². The fourth-order valence-electron chi connectivity index (χ4n) is 1.84. The van der Waals surface area contributed by atoms with Crippen molar-refractivity contribution in [3.8, 4) is 0 Å². The van der Waals surface area contributed by atoms with Crippen molar-refractivity contribution >= 4 is 23.5 Å². The summed E-state index contributed by atoms with van der Waals surface area (Å²) in [4.78, 5) is 24.5. The van der Waals surface area contributed by atoms with E-state index >= 15 is 0 Å². The molecule has 0 aliphatic heterocycles. The Bertz CT molecular complexity index is 468. The Morgan fingerprint density at radius 2 is 2.11 bits per heavy atom. The lowest BCUT2D eigenvalue weighted by Crippen LogP contribution is -2.34. The zero-order valence-electron chi connectivity index (χ0n) is 11.4. The van der Waals surface area contributed by atoms with Gasteiger partial charge in [-0.25, -0.2) is 0 Å². The first-order chi connectivity index (χ1) is 8.86. The van der Waals surface area contributed by atoms with Crippen LogP contribution < -0.4 is 0 Å². The predicted molar refractivity (Wildman–Crippen MR) is 73.7 cm³/mol. The second-order valence-corrected chi connectivity index (χ2v) is 5.01. The zero-order valence-corrected chi connectivity index (χ0v) is 12.1. The van der Waals surface area contributed by atoms with E-state index in [0.29, 0.717) is 17.3 Å². The first-order valence-corrected chi connectivity index (χ1v) is 6.63. The molecule has 1 aromatic rings. The van der Waals surface area contributed by atoms with Crippen molar-refractivity contribution in [3.05, 3.63) is 23.0 Å². The van der Waals surface area contributed by atoms with Crippen molar-refractivity contribution < 1.29 is 14.7 Å². The third-order valence-corrected chi connectivity index (χ3v) is 3.06. The number of carbonyl (C=O) groups excluding carboxylic acids is 1. The molecule has 6 heteroatoms. The normalized spacial score (nSPS) is 10.8. The van der Waals surface area contributed by atoms with Crippen LogP contribution in [0.4, 0.5) is 0 Å². The molecule has 1 amide bonds. The molecule has 0 unspecified atom stereocenters. The maximum Gasteiger partial charge on any atom is 0.305 e. The van der Waals surface area contributed by atoms with Gasteiger partial charge in [0, 0.05) is 25.3 Å². The second-order valence-electron chi connectivity index (χ2n) is 4.57. The van der Waals surface area contributed by atoms with Gasteiger partial charge in [-0.1, -0.05) is 11.6 Å². The number of hydrogen-bond acceptors (Lipinski definition) is 2. The Morgan fingerprint density at radius 3 is 2.58 bits per heavy atom. The van der Waals surface area contributed by atoms with Crippen molar-refractivity contribution in [3.63, 3.8) is 0 Å². The maximum absolute atomic E-state index is 12.4. The Hall–Kier alpha value is -1.49. The lowest BCUT2D eigenvalue weighted by Gasteiger charge is -2.22. The summed E-state index contributed by atoms with van der Waals surface area (Å²) >= 11 is 5.94. The number of nitrogens with zero attached hydrogens (tertiary/aromatic N) is 2. The third-order valence-electron chi connectivity index (χ3n) is 2.86. The van der Waals surface area contributed by atoms with Crippen molar-refractivity contribution in [2.75, 3.05) is 13.1 Å². The highest BCUT2D eigenvalue weighted by Gasteiger charge is 2.20. The summed E-state index contributed by atoms with van der Waals surface area (Å²) in [5.41, 5.74) is 0.493. The molecule has 0 spiro atoms. The van der Waals surface area contributed by atoms with Crippen LogP contribution in [-0.2, 0) is 4.79 Å². The molecule has 0 radical (unpaired) electrons. The lowest BCUT2D eigenvalue weighted by molar-refractivity contribution is -0.137. The molecule has 19 heavy (non-hydrogen) atoms. The Kier molecular flexibility index (Phi) is 5.42. The van der Waals surface area contributed by atoms with Crippen molar-refractivity contribution in [1.29, 1.82) is 0 Å². The van der Waals surface area contributed by atoms with Gasteiger partial charge in [-0.3, -0.25) is 9.59 Å². The molecule has 0 aromatic carbocycles. The number of carboxylic acids is 1. The van der Waals surface area contributed by atoms with Crippen molar-refractivity contribution in [2.45, 2.75) is 33.2 Å². The molecule has 0 bridgehead atoms. The minimum absolute atomic E-state index is 0.0598. The molecule has 1 rings (SSSR count). The Balaban J connectivity index is 2.93. The van der Waals surface area contributed by atoms with E-state index in [4.69, 9.17) is 16.7 Å². The van der Waals surface area contributed by atoms with Gasteiger partial charge >= 0.3 is 5.97 Å². The smallest absolute Gasteiger partial charge is 0.305 e. The minimum Gasteiger partial charge on any atom is -0.481 e. The monoisotopic (exact) mass is 286 g/mol. The highest BCUT2D eigenvalue weighted by atomic mass is 35.5. The largest absolute Gasteiger partial charge is 0.481 e. The van der Waals surface area contributed by atoms with Gasteiger partial charge < -0.3 is 14.6 Å². The second kappa shape index (κ2) is 6.61. The molecular weight excluding hydrogens is 268 g/mol. The molecule has 0 aliphatic rings. The maximum atomic E-state index is 12.4. The first-order valence-electron chi connectivity index (χ1n) is 6.25. The predicted octanol–water partition coefficient (Wildman–Crippen LogP) is 2.66. The summed E-state index contributed by atoms with van der Waals surface area (Å²) in [6.45, 7) is 6.41. The lowest BCUT2D eigenvalue weighted by atomic mass is 10.3. The fraction of sp³-hybridized carbons (Fsp3) is 0.538. The van der Waals surface area contributed by atoms with Crippen LogP contribution in [0.15, 0.2) is 12.3 Å². The van der Waals surface area contributed by atoms with Crippen LogP contribution in [-0.4, -0.2) is 39.5 Å². The molecule has 0 atom stereocenters. The van der Waals surface area contributed by atoms with Crippen molar-refractivity contribution in [2.24, 2.45) is 0 Å². The molecule has 0 aliphatic carbocycles. The zero-order chi connectivity index (χ0) is 14.6. The highest BCUT2D eigenvalue weighted by molar-refractivity contribution is 6.31. The topological polar surface area (TPSA) is 62.5 Å². The van der Waals surface area contributed by atoms with Gasteiger partial charge in [0.05, 0.1) is 11.4 Å². The van der Waals surface area contributed by atoms with Gasteiger partial charge in [0.2, 0.25) is 0 Å². The average molecular weight is 287 g/mol. The van der Waals surface area contributed by atoms with Gasteiger partial charge in [0.1, 0.15) is 5.69 Å². The number of amides is 1. The minimum atomic E-state index is -0.913. The van der Waals surface area contributed by atoms with Crippen LogP contribution in [0.1, 0.15) is 43.7 Å². The first kappa shape index (κ1) is 15.6. The van der Waals surface area contributed by atoms with Crippen LogP contribution in [0, 0.1) is 0 Å². The summed E-state index contributed by atoms with van der Waals surface area (Å²) in [6, 6.07) is 1.73. The van der Waals surface area contributed by atoms with Crippen LogP contribution >= 0.6 is 11.6 Å². The fourth-order valence-corrected chi connectivity index (χ4v) is 2.05. The number of aromatic nitrogens is 1. The van der Waals surface area contributed by atoms with E-state index in [1.165, 1.54) is 4.90 Å². The molecule has 0 saturated heterocycles. The molecule has 1 heterocycles. The van der Waals surface area contributed by atoms with Gasteiger partial charge in [-0.05, 0) is 26.8 Å². The Labute approximate surface area is 117 Å². The number of halogens is 1. The van der Waals surface area contributed by atoms with Gasteiger partial charge in [-0.2, -0.15) is 0 Å². The quantitative estimate of drug-likeness (QED) is 0.874. The van der Waals surface area contributed by atoms with E-state index in [0.717, 1.165) is 0 Å². The van der Waals surface area contributed by atoms with Crippen LogP contribution in [0.3, 0.4) is 0 Å². The number of aliphatic carboxylic acids is 1. The van der Waals surface area contributed by atoms with Gasteiger partial charge in [0.15, 0.2) is 0 Å². The van der Waals surface area contributed by atoms with E-state index in [1.807, 2.05) is 20.8 Å². The van der Waals surface area contributed by atoms with E-state index in [2.05, 4.69) is 0 Å². The summed E-state index contributed by atoms with van der Waals surface area (Å²) in [5.74, 6) is -1.10. The van der Waals surface area contributed by atoms with Gasteiger partial charge in [-0.15, -0.1) is 0 Å². The van der Waals surface area contributed by atoms with E-state index in [-0.39, 0.29) is 24.9 Å². The highest BCUT2D eigenvalue weighted by Crippen LogP contribution is 2.20. The average Bonchev–Trinajstić information content (AvgIpc) is 2.71. The SMILES string of the molecule is CCN(CCC(=O)O)C(=O)c1cc(Cl)cn1C(C)C. The molecule has 1 aromatic heterocycles. The molecule has 0 saturated carbocycles. The number of rotatable bonds is 6. The molecule has 1 N–H and O–H groups in total. The summed E-state index contributed by atoms with van der Waals surface area (Å²) in [7, 11) is 0. The number of hydrogen-bond donors (Lipinski definition) is 1. The number of carboxylic acid groups (broad SMARTS) is 1. The van der Waals surface area contributed by atoms with Crippen LogP contribution in [0.5, 0.6) is 0 Å². The number of carbonyl (C=O) groups is 2. The van der Waals surface area contributed by atoms with E-state index in [9.17, 15) is 9.59 Å². The Morgan fingerprint density at radius 1 is 1.47 bits per heavy atom. The van der Waals surface area contributed by atoms with E-state index in [1.54, 1.807) is 16.8 Å². The summed E-state index contributed by atoms with van der Waals surface area (Å²) in [5, 5.41) is 9.20. The molecule has 0 fully saturated rings. The van der Waals surface area contributed by atoms with Crippen LogP contribution in [0.25, 0.3) is 0 Å². The summed E-state index contributed by atoms with van der Waals surface area (Å²) < 4.78 is 1.80. The third kappa shape index (κ3) is 3.99. The van der Waals surface area contributed by atoms with Crippen LogP contribution in [0.2, 0.25) is 5.02 Å². The standard InChI is InChI=1S/C13H19ClN2O3/c1-4-15(6-5-12(17)18)13(19)11-7-10(14)8-16(11)9(2)3/h7-9H,4-6H2,1-3H3,(H,17,18).